The van der Waals surface area contributed by atoms with Gasteiger partial charge in [0.05, 0.1) is 6.54 Å². The van der Waals surface area contributed by atoms with Crippen molar-refractivity contribution in [1.29, 1.82) is 0 Å². The Morgan fingerprint density at radius 1 is 1.00 bits per heavy atom. The monoisotopic (exact) mass is 392 g/mol. The Morgan fingerprint density at radius 3 is 2.31 bits per heavy atom. The van der Waals surface area contributed by atoms with Gasteiger partial charge in [-0.15, -0.1) is 5.69 Å². The molecule has 2 aliphatic heterocycles. The number of rotatable bonds is 6. The molecule has 0 aliphatic carbocycles. The van der Waals surface area contributed by atoms with Gasteiger partial charge in [-0.1, -0.05) is 43.3 Å². The standard InChI is InChI=1S/C24H30N3O2/c1-2-18-5-9-22(10-6-18)27-17-23(29-24(27)28)16-26-13-11-20(12-14-26)15-19-3-7-21(25)8-4-19/h3-10,20,23,25H,2,11-17H2,1H3/q-1/t23-/m0/s1. The average molecular weight is 393 g/mol. The molecule has 29 heavy (non-hydrogen) atoms. The maximum atomic E-state index is 12.3. The number of hydrogen-bond donors (Lipinski definition) is 0. The predicted octanol–water partition coefficient (Wildman–Crippen LogP) is 5.21. The third-order valence-corrected chi connectivity index (χ3v) is 6.18. The second kappa shape index (κ2) is 8.87. The minimum absolute atomic E-state index is 0.0606. The summed E-state index contributed by atoms with van der Waals surface area (Å²) < 4.78 is 5.65. The SMILES string of the molecule is CCc1ccc(N2C[C@H](CN3CCC(Cc4ccc([NH-])cc4)CC3)OC2=O)cc1. The zero-order valence-electron chi connectivity index (χ0n) is 17.1. The summed E-state index contributed by atoms with van der Waals surface area (Å²) in [5.74, 6) is 0.697. The van der Waals surface area contributed by atoms with E-state index in [1.54, 1.807) is 4.90 Å². The molecular formula is C24H30N3O2-. The number of ether oxygens (including phenoxy) is 1. The Balaban J connectivity index is 1.25. The number of benzene rings is 2. The van der Waals surface area contributed by atoms with Crippen LogP contribution in [-0.4, -0.2) is 43.3 Å². The predicted molar refractivity (Wildman–Crippen MR) is 117 cm³/mol. The van der Waals surface area contributed by atoms with E-state index >= 15 is 0 Å². The summed E-state index contributed by atoms with van der Waals surface area (Å²) in [5, 5.41) is 0. The lowest BCUT2D eigenvalue weighted by molar-refractivity contribution is 0.0914. The van der Waals surface area contributed by atoms with Gasteiger partial charge in [-0.2, -0.15) is 0 Å². The number of hydrogen-bond acceptors (Lipinski definition) is 3. The highest BCUT2D eigenvalue weighted by Crippen LogP contribution is 2.26. The van der Waals surface area contributed by atoms with Crippen LogP contribution in [0.1, 0.15) is 30.9 Å². The van der Waals surface area contributed by atoms with Gasteiger partial charge < -0.3 is 10.5 Å². The van der Waals surface area contributed by atoms with Crippen molar-refractivity contribution in [2.24, 2.45) is 5.92 Å². The molecule has 2 aromatic carbocycles. The molecule has 0 spiro atoms. The molecular weight excluding hydrogens is 362 g/mol. The number of carbonyl (C=O) groups excluding carboxylic acids is 1. The molecule has 2 aromatic rings. The number of nitrogens with zero attached hydrogens (tertiary/aromatic N) is 2. The Bertz CT molecular complexity index is 811. The van der Waals surface area contributed by atoms with E-state index in [0.29, 0.717) is 18.2 Å². The van der Waals surface area contributed by atoms with Crippen molar-refractivity contribution in [2.75, 3.05) is 31.1 Å². The maximum Gasteiger partial charge on any atom is 0.414 e. The van der Waals surface area contributed by atoms with Crippen LogP contribution < -0.4 is 4.90 Å². The van der Waals surface area contributed by atoms with Crippen molar-refractivity contribution in [3.63, 3.8) is 0 Å². The van der Waals surface area contributed by atoms with Crippen molar-refractivity contribution in [3.05, 3.63) is 65.4 Å². The smallest absolute Gasteiger partial charge is 0.414 e. The molecule has 0 saturated carbocycles. The van der Waals surface area contributed by atoms with Crippen molar-refractivity contribution in [2.45, 2.75) is 38.7 Å². The lowest BCUT2D eigenvalue weighted by Crippen LogP contribution is -2.40. The lowest BCUT2D eigenvalue weighted by Gasteiger charge is -2.33. The molecule has 1 amide bonds. The normalized spacial score (nSPS) is 20.8. The van der Waals surface area contributed by atoms with E-state index in [1.165, 1.54) is 24.0 Å². The fraction of sp³-hybridized carbons (Fsp3) is 0.458. The molecule has 2 fully saturated rings. The first-order valence-corrected chi connectivity index (χ1v) is 10.7. The molecule has 1 N–H and O–H groups in total. The number of carbonyl (C=O) groups is 1. The summed E-state index contributed by atoms with van der Waals surface area (Å²) in [7, 11) is 0. The molecule has 2 saturated heterocycles. The summed E-state index contributed by atoms with van der Waals surface area (Å²) >= 11 is 0. The molecule has 2 aliphatic rings. The van der Waals surface area contributed by atoms with Crippen molar-refractivity contribution < 1.29 is 9.53 Å². The van der Waals surface area contributed by atoms with Gasteiger partial charge in [-0.3, -0.25) is 9.80 Å². The molecule has 154 valence electrons. The van der Waals surface area contributed by atoms with Gasteiger partial charge >= 0.3 is 6.09 Å². The van der Waals surface area contributed by atoms with Gasteiger partial charge in [-0.05, 0) is 68.0 Å². The maximum absolute atomic E-state index is 12.3. The number of cyclic esters (lactones) is 1. The zero-order chi connectivity index (χ0) is 20.2. The van der Waals surface area contributed by atoms with Gasteiger partial charge in [0.15, 0.2) is 0 Å². The molecule has 0 aromatic heterocycles. The number of likely N-dealkylation sites (tertiary alicyclic amines) is 1. The molecule has 2 heterocycles. The largest absolute Gasteiger partial charge is 0.699 e. The first kappa shape index (κ1) is 19.8. The third-order valence-electron chi connectivity index (χ3n) is 6.18. The fourth-order valence-corrected chi connectivity index (χ4v) is 4.37. The van der Waals surface area contributed by atoms with Gasteiger partial charge in [-0.25, -0.2) is 4.79 Å². The van der Waals surface area contributed by atoms with Gasteiger partial charge in [0.2, 0.25) is 0 Å². The van der Waals surface area contributed by atoms with E-state index in [4.69, 9.17) is 10.5 Å². The number of nitrogens with one attached hydrogen (secondary N) is 1. The number of anilines is 1. The quantitative estimate of drug-likeness (QED) is 0.678. The summed E-state index contributed by atoms with van der Waals surface area (Å²) in [6.07, 6.45) is 4.14. The number of piperidine rings is 1. The second-order valence-corrected chi connectivity index (χ2v) is 8.28. The molecule has 5 heteroatoms. The Kier molecular flexibility index (Phi) is 6.05. The minimum Gasteiger partial charge on any atom is -0.699 e. The van der Waals surface area contributed by atoms with Gasteiger partial charge in [0, 0.05) is 12.2 Å². The van der Waals surface area contributed by atoms with E-state index in [1.807, 2.05) is 24.3 Å². The molecule has 5 nitrogen and oxygen atoms in total. The van der Waals surface area contributed by atoms with Crippen LogP contribution >= 0.6 is 0 Å². The zero-order valence-corrected chi connectivity index (χ0v) is 17.1. The first-order chi connectivity index (χ1) is 14.1. The summed E-state index contributed by atoms with van der Waals surface area (Å²) in [6.45, 7) is 5.69. The molecule has 0 bridgehead atoms. The van der Waals surface area contributed by atoms with Crippen LogP contribution in [0, 0.1) is 5.92 Å². The third kappa shape index (κ3) is 4.91. The van der Waals surface area contributed by atoms with Crippen molar-refractivity contribution in [1.82, 2.24) is 4.90 Å². The molecule has 1 atom stereocenters. The topological polar surface area (TPSA) is 56.6 Å². The highest BCUT2D eigenvalue weighted by Gasteiger charge is 2.34. The summed E-state index contributed by atoms with van der Waals surface area (Å²) in [4.78, 5) is 16.5. The molecule has 4 rings (SSSR count). The minimum atomic E-state index is -0.230. The van der Waals surface area contributed by atoms with Crippen LogP contribution in [0.2, 0.25) is 0 Å². The fourth-order valence-electron chi connectivity index (χ4n) is 4.37. The average Bonchev–Trinajstić information content (AvgIpc) is 3.11. The summed E-state index contributed by atoms with van der Waals surface area (Å²) in [6, 6.07) is 16.1. The van der Waals surface area contributed by atoms with Gasteiger partial charge in [0.1, 0.15) is 6.10 Å². The van der Waals surface area contributed by atoms with E-state index in [-0.39, 0.29) is 12.2 Å². The van der Waals surface area contributed by atoms with Crippen molar-refractivity contribution in [3.8, 4) is 0 Å². The van der Waals surface area contributed by atoms with Crippen molar-refractivity contribution >= 4 is 17.5 Å². The first-order valence-electron chi connectivity index (χ1n) is 10.7. The van der Waals surface area contributed by atoms with Crippen LogP contribution in [0.15, 0.2) is 48.5 Å². The molecule has 0 unspecified atom stereocenters. The van der Waals surface area contributed by atoms with E-state index in [2.05, 4.69) is 36.1 Å². The second-order valence-electron chi connectivity index (χ2n) is 8.28. The van der Waals surface area contributed by atoms with E-state index < -0.39 is 0 Å². The van der Waals surface area contributed by atoms with E-state index in [9.17, 15) is 4.79 Å². The number of aryl methyl sites for hydroxylation is 1. The van der Waals surface area contributed by atoms with E-state index in [0.717, 1.165) is 38.2 Å². The Labute approximate surface area is 173 Å². The lowest BCUT2D eigenvalue weighted by atomic mass is 9.90. The van der Waals surface area contributed by atoms with Crippen LogP contribution in [0.3, 0.4) is 0 Å². The van der Waals surface area contributed by atoms with Gasteiger partial charge in [0.25, 0.3) is 0 Å². The highest BCUT2D eigenvalue weighted by atomic mass is 16.6. The Hall–Kier alpha value is -2.53. The molecule has 0 radical (unpaired) electrons. The summed E-state index contributed by atoms with van der Waals surface area (Å²) in [5.41, 5.74) is 11.7. The van der Waals surface area contributed by atoms with Crippen LogP contribution in [0.5, 0.6) is 0 Å². The van der Waals surface area contributed by atoms with Crippen LogP contribution in [0.4, 0.5) is 16.2 Å². The Morgan fingerprint density at radius 2 is 1.66 bits per heavy atom. The van der Waals surface area contributed by atoms with Crippen LogP contribution in [0.25, 0.3) is 5.73 Å². The number of amides is 1. The highest BCUT2D eigenvalue weighted by molar-refractivity contribution is 5.89. The van der Waals surface area contributed by atoms with Crippen LogP contribution in [-0.2, 0) is 17.6 Å².